The van der Waals surface area contributed by atoms with Gasteiger partial charge in [0.15, 0.2) is 0 Å². The van der Waals surface area contributed by atoms with Gasteiger partial charge in [0.25, 0.3) is 10.2 Å². The molecule has 0 aromatic heterocycles. The molecule has 2 atom stereocenters. The summed E-state index contributed by atoms with van der Waals surface area (Å²) in [4.78, 5) is 2.58. The third-order valence-electron chi connectivity index (χ3n) is 5.68. The van der Waals surface area contributed by atoms with Crippen molar-refractivity contribution in [3.05, 3.63) is 29.8 Å². The Morgan fingerprint density at radius 1 is 1.32 bits per heavy atom. The van der Waals surface area contributed by atoms with Crippen LogP contribution in [0.1, 0.15) is 58.4 Å². The van der Waals surface area contributed by atoms with Crippen LogP contribution in [-0.2, 0) is 15.6 Å². The maximum Gasteiger partial charge on any atom is 0.296 e. The van der Waals surface area contributed by atoms with Crippen LogP contribution in [0.15, 0.2) is 24.3 Å². The Hall–Kier alpha value is -1.11. The maximum atomic E-state index is 11.3. The molecule has 1 aliphatic heterocycles. The van der Waals surface area contributed by atoms with Gasteiger partial charge >= 0.3 is 0 Å². The molecule has 0 radical (unpaired) electrons. The quantitative estimate of drug-likeness (QED) is 0.691. The van der Waals surface area contributed by atoms with E-state index in [1.807, 2.05) is 12.1 Å². The molecule has 6 heteroatoms. The Balaban J connectivity index is 2.03. The van der Waals surface area contributed by atoms with Crippen molar-refractivity contribution in [2.24, 2.45) is 11.1 Å². The maximum absolute atomic E-state index is 11.3. The van der Waals surface area contributed by atoms with E-state index in [-0.39, 0.29) is 5.41 Å². The summed E-state index contributed by atoms with van der Waals surface area (Å²) in [6.45, 7) is 10.2. The molecule has 0 saturated carbocycles. The van der Waals surface area contributed by atoms with Crippen LogP contribution in [0.3, 0.4) is 0 Å². The third-order valence-corrected chi connectivity index (χ3v) is 6.20. The highest BCUT2D eigenvalue weighted by Crippen LogP contribution is 2.40. The highest BCUT2D eigenvalue weighted by atomic mass is 32.2. The number of rotatable bonds is 8. The number of nitrogens with two attached hydrogens (primary N) is 1. The predicted molar refractivity (Wildman–Crippen MR) is 105 cm³/mol. The van der Waals surface area contributed by atoms with Gasteiger partial charge in [0.1, 0.15) is 0 Å². The first-order valence-corrected chi connectivity index (χ1v) is 10.9. The van der Waals surface area contributed by atoms with E-state index in [4.69, 9.17) is 5.14 Å². The molecule has 0 unspecified atom stereocenters. The van der Waals surface area contributed by atoms with Crippen LogP contribution in [0.4, 0.5) is 5.69 Å². The molecule has 3 N–H and O–H groups in total. The Bertz CT molecular complexity index is 662. The lowest BCUT2D eigenvalue weighted by Gasteiger charge is -2.45. The molecule has 0 spiro atoms. The SMILES string of the molecule is CCCCCCN1CC[C@](C)(c2cccc(NS(N)(=O)=O)c2)[C@@H](C)C1. The van der Waals surface area contributed by atoms with Crippen LogP contribution in [0.2, 0.25) is 0 Å². The number of anilines is 1. The summed E-state index contributed by atoms with van der Waals surface area (Å²) in [5.41, 5.74) is 1.77. The number of hydrogen-bond acceptors (Lipinski definition) is 3. The number of nitrogens with zero attached hydrogens (tertiary/aromatic N) is 1. The van der Waals surface area contributed by atoms with Gasteiger partial charge in [0, 0.05) is 6.54 Å². The topological polar surface area (TPSA) is 75.4 Å². The second-order valence-electron chi connectivity index (χ2n) is 7.66. The molecular weight excluding hydrogens is 334 g/mol. The zero-order chi connectivity index (χ0) is 18.5. The monoisotopic (exact) mass is 367 g/mol. The first kappa shape index (κ1) is 20.2. The van der Waals surface area contributed by atoms with E-state index in [1.54, 1.807) is 6.07 Å². The Labute approximate surface area is 153 Å². The van der Waals surface area contributed by atoms with E-state index in [0.29, 0.717) is 11.6 Å². The number of piperidine rings is 1. The number of likely N-dealkylation sites (tertiary alicyclic amines) is 1. The number of nitrogens with one attached hydrogen (secondary N) is 1. The molecule has 2 rings (SSSR count). The van der Waals surface area contributed by atoms with Gasteiger partial charge in [-0.15, -0.1) is 0 Å². The molecule has 1 heterocycles. The summed E-state index contributed by atoms with van der Waals surface area (Å²) in [5, 5.41) is 5.10. The van der Waals surface area contributed by atoms with E-state index < -0.39 is 10.2 Å². The number of hydrogen-bond donors (Lipinski definition) is 2. The fourth-order valence-corrected chi connectivity index (χ4v) is 4.27. The molecule has 1 aromatic rings. The lowest BCUT2D eigenvalue weighted by atomic mass is 9.68. The molecule has 0 aliphatic carbocycles. The standard InChI is InChI=1S/C19H33N3O2S/c1-4-5-6-7-12-22-13-11-19(3,16(2)15-22)17-9-8-10-18(14-17)21-25(20,23)24/h8-10,14,16,21H,4-7,11-13,15H2,1-3H3,(H2,20,23,24)/t16-,19-/m0/s1. The second kappa shape index (κ2) is 8.52. The smallest absolute Gasteiger partial charge is 0.296 e. The van der Waals surface area contributed by atoms with Gasteiger partial charge in [0.05, 0.1) is 5.69 Å². The molecule has 1 aromatic carbocycles. The van der Waals surface area contributed by atoms with Crippen LogP contribution >= 0.6 is 0 Å². The van der Waals surface area contributed by atoms with Crippen LogP contribution < -0.4 is 9.86 Å². The summed E-state index contributed by atoms with van der Waals surface area (Å²) in [7, 11) is -3.74. The van der Waals surface area contributed by atoms with Crippen molar-refractivity contribution < 1.29 is 8.42 Å². The van der Waals surface area contributed by atoms with E-state index in [2.05, 4.69) is 36.5 Å². The minimum atomic E-state index is -3.74. The van der Waals surface area contributed by atoms with E-state index in [1.165, 1.54) is 37.8 Å². The van der Waals surface area contributed by atoms with Gasteiger partial charge in [-0.1, -0.05) is 52.2 Å². The molecule has 0 bridgehead atoms. The first-order chi connectivity index (χ1) is 11.7. The molecule has 1 saturated heterocycles. The van der Waals surface area contributed by atoms with Gasteiger partial charge < -0.3 is 4.90 Å². The highest BCUT2D eigenvalue weighted by Gasteiger charge is 2.37. The minimum Gasteiger partial charge on any atom is -0.303 e. The molecule has 142 valence electrons. The van der Waals surface area contributed by atoms with Gasteiger partial charge in [-0.05, 0) is 55.0 Å². The Morgan fingerprint density at radius 2 is 2.08 bits per heavy atom. The van der Waals surface area contributed by atoms with Crippen molar-refractivity contribution in [3.63, 3.8) is 0 Å². The van der Waals surface area contributed by atoms with Crippen LogP contribution in [0.5, 0.6) is 0 Å². The van der Waals surface area contributed by atoms with Gasteiger partial charge in [-0.25, -0.2) is 5.14 Å². The van der Waals surface area contributed by atoms with E-state index in [0.717, 1.165) is 19.5 Å². The largest absolute Gasteiger partial charge is 0.303 e. The van der Waals surface area contributed by atoms with Crippen molar-refractivity contribution in [2.45, 2.75) is 58.3 Å². The van der Waals surface area contributed by atoms with Crippen molar-refractivity contribution in [1.29, 1.82) is 0 Å². The fourth-order valence-electron chi connectivity index (χ4n) is 3.81. The van der Waals surface area contributed by atoms with Gasteiger partial charge in [0.2, 0.25) is 0 Å². The molecule has 0 amide bonds. The molecular formula is C19H33N3O2S. The summed E-state index contributed by atoms with van der Waals surface area (Å²) >= 11 is 0. The zero-order valence-corrected chi connectivity index (χ0v) is 16.6. The van der Waals surface area contributed by atoms with E-state index >= 15 is 0 Å². The Morgan fingerprint density at radius 3 is 2.72 bits per heavy atom. The van der Waals surface area contributed by atoms with Crippen LogP contribution in [0.25, 0.3) is 0 Å². The Kier molecular flexibility index (Phi) is 6.88. The van der Waals surface area contributed by atoms with Crippen LogP contribution in [-0.4, -0.2) is 33.0 Å². The lowest BCUT2D eigenvalue weighted by molar-refractivity contribution is 0.109. The molecule has 25 heavy (non-hydrogen) atoms. The molecule has 5 nitrogen and oxygen atoms in total. The van der Waals surface area contributed by atoms with Crippen LogP contribution in [0, 0.1) is 5.92 Å². The summed E-state index contributed by atoms with van der Waals surface area (Å²) in [6, 6.07) is 7.67. The summed E-state index contributed by atoms with van der Waals surface area (Å²) in [6.07, 6.45) is 6.29. The summed E-state index contributed by atoms with van der Waals surface area (Å²) < 4.78 is 24.9. The predicted octanol–water partition coefficient (Wildman–Crippen LogP) is 3.48. The van der Waals surface area contributed by atoms with Crippen molar-refractivity contribution in [3.8, 4) is 0 Å². The van der Waals surface area contributed by atoms with Gasteiger partial charge in [-0.3, -0.25) is 4.72 Å². The zero-order valence-electron chi connectivity index (χ0n) is 15.8. The number of benzene rings is 1. The normalized spacial score (nSPS) is 25.0. The van der Waals surface area contributed by atoms with E-state index in [9.17, 15) is 8.42 Å². The highest BCUT2D eigenvalue weighted by molar-refractivity contribution is 7.90. The number of unbranched alkanes of at least 4 members (excludes halogenated alkanes) is 3. The second-order valence-corrected chi connectivity index (χ2v) is 8.95. The third kappa shape index (κ3) is 5.69. The minimum absolute atomic E-state index is 0.0516. The molecule has 1 aliphatic rings. The fraction of sp³-hybridized carbons (Fsp3) is 0.684. The van der Waals surface area contributed by atoms with Crippen molar-refractivity contribution in [1.82, 2.24) is 4.90 Å². The lowest BCUT2D eigenvalue weighted by Crippen LogP contribution is -2.47. The first-order valence-electron chi connectivity index (χ1n) is 9.38. The average Bonchev–Trinajstić information content (AvgIpc) is 2.53. The molecule has 1 fully saturated rings. The van der Waals surface area contributed by atoms with Crippen molar-refractivity contribution in [2.75, 3.05) is 24.4 Å². The average molecular weight is 368 g/mol. The van der Waals surface area contributed by atoms with Gasteiger partial charge in [-0.2, -0.15) is 8.42 Å². The van der Waals surface area contributed by atoms with Crippen molar-refractivity contribution >= 4 is 15.9 Å². The summed E-state index contributed by atoms with van der Waals surface area (Å²) in [5.74, 6) is 0.511.